The Labute approximate surface area is 250 Å². The molecule has 8 aromatic rings. The minimum atomic E-state index is 0.871. The summed E-state index contributed by atoms with van der Waals surface area (Å²) in [5.74, 6) is 0. The summed E-state index contributed by atoms with van der Waals surface area (Å²) in [4.78, 5) is 4.59. The third kappa shape index (κ3) is 4.48. The van der Waals surface area contributed by atoms with E-state index in [1.54, 1.807) is 0 Å². The molecule has 3 nitrogen and oxygen atoms in total. The predicted octanol–water partition coefficient (Wildman–Crippen LogP) is 11.7. The molecule has 0 atom stereocenters. The SMILES string of the molecule is c1ccc(N(c2ccccc2)c2cccc(N(c3ccccc3)c3ccc4c(c3)oc3c5ccccc5ccc43)c2)cc1. The maximum atomic E-state index is 6.57. The second-order valence-electron chi connectivity index (χ2n) is 10.6. The molecule has 8 rings (SSSR count). The molecule has 0 bridgehead atoms. The second-order valence-corrected chi connectivity index (χ2v) is 10.6. The van der Waals surface area contributed by atoms with Crippen LogP contribution in [0.5, 0.6) is 0 Å². The third-order valence-electron chi connectivity index (χ3n) is 7.99. The van der Waals surface area contributed by atoms with Crippen LogP contribution in [0.25, 0.3) is 32.7 Å². The van der Waals surface area contributed by atoms with Crippen LogP contribution in [-0.4, -0.2) is 0 Å². The van der Waals surface area contributed by atoms with Gasteiger partial charge in [0.25, 0.3) is 0 Å². The lowest BCUT2D eigenvalue weighted by molar-refractivity contribution is 0.672. The Morgan fingerprint density at radius 1 is 0.326 bits per heavy atom. The molecule has 0 aliphatic carbocycles. The fraction of sp³-hybridized carbons (Fsp3) is 0. The molecule has 0 radical (unpaired) electrons. The van der Waals surface area contributed by atoms with E-state index in [1.165, 1.54) is 5.39 Å². The Hall–Kier alpha value is -5.80. The van der Waals surface area contributed by atoms with E-state index in [0.29, 0.717) is 0 Å². The van der Waals surface area contributed by atoms with Gasteiger partial charge in [0.2, 0.25) is 0 Å². The Bertz CT molecular complexity index is 2150. The molecule has 0 saturated carbocycles. The van der Waals surface area contributed by atoms with Crippen LogP contribution in [0, 0.1) is 0 Å². The van der Waals surface area contributed by atoms with E-state index < -0.39 is 0 Å². The van der Waals surface area contributed by atoms with Gasteiger partial charge in [0.15, 0.2) is 0 Å². The number of rotatable bonds is 6. The number of benzene rings is 7. The highest BCUT2D eigenvalue weighted by Gasteiger charge is 2.18. The van der Waals surface area contributed by atoms with Crippen LogP contribution in [0.4, 0.5) is 34.1 Å². The van der Waals surface area contributed by atoms with Crippen LogP contribution in [0.3, 0.4) is 0 Å². The topological polar surface area (TPSA) is 19.6 Å². The highest BCUT2D eigenvalue weighted by Crippen LogP contribution is 2.42. The largest absolute Gasteiger partial charge is 0.455 e. The maximum absolute atomic E-state index is 6.57. The zero-order valence-electron chi connectivity index (χ0n) is 23.5. The van der Waals surface area contributed by atoms with Gasteiger partial charge in [0.1, 0.15) is 11.2 Å². The van der Waals surface area contributed by atoms with Crippen LogP contribution >= 0.6 is 0 Å². The average molecular weight is 553 g/mol. The Kier molecular flexibility index (Phi) is 6.12. The van der Waals surface area contributed by atoms with Crippen LogP contribution in [-0.2, 0) is 0 Å². The lowest BCUT2D eigenvalue weighted by atomic mass is 10.1. The fourth-order valence-corrected chi connectivity index (χ4v) is 6.03. The lowest BCUT2D eigenvalue weighted by Crippen LogP contribution is -2.13. The molecule has 1 aromatic heterocycles. The Morgan fingerprint density at radius 3 is 1.44 bits per heavy atom. The number of nitrogens with zero attached hydrogens (tertiary/aromatic N) is 2. The molecule has 0 aliphatic rings. The van der Waals surface area contributed by atoms with Gasteiger partial charge in [0, 0.05) is 56.3 Å². The fourth-order valence-electron chi connectivity index (χ4n) is 6.03. The standard InChI is InChI=1S/C40H28N2O/c1-4-14-30(15-5-1)41(31-16-6-2-7-17-31)33-20-12-21-34(27-33)42(32-18-8-3-9-19-32)35-24-26-37-38-25-23-29-13-10-11-22-36(29)40(38)43-39(37)28-35/h1-28H. The summed E-state index contributed by atoms with van der Waals surface area (Å²) in [7, 11) is 0. The van der Waals surface area contributed by atoms with Crippen LogP contribution in [0.15, 0.2) is 174 Å². The van der Waals surface area contributed by atoms with Crippen molar-refractivity contribution in [1.82, 2.24) is 0 Å². The molecule has 1 heterocycles. The van der Waals surface area contributed by atoms with Crippen molar-refractivity contribution in [2.24, 2.45) is 0 Å². The number of furan rings is 1. The highest BCUT2D eigenvalue weighted by atomic mass is 16.3. The van der Waals surface area contributed by atoms with Gasteiger partial charge < -0.3 is 14.2 Å². The quantitative estimate of drug-likeness (QED) is 0.205. The van der Waals surface area contributed by atoms with E-state index in [4.69, 9.17) is 4.42 Å². The normalized spacial score (nSPS) is 11.3. The number of fused-ring (bicyclic) bond motifs is 5. The van der Waals surface area contributed by atoms with E-state index in [1.807, 2.05) is 0 Å². The van der Waals surface area contributed by atoms with Gasteiger partial charge in [-0.15, -0.1) is 0 Å². The first-order valence-corrected chi connectivity index (χ1v) is 14.5. The third-order valence-corrected chi connectivity index (χ3v) is 7.99. The molecule has 7 aromatic carbocycles. The molecule has 43 heavy (non-hydrogen) atoms. The van der Waals surface area contributed by atoms with E-state index in [2.05, 4.69) is 180 Å². The van der Waals surface area contributed by atoms with Gasteiger partial charge in [0.05, 0.1) is 0 Å². The van der Waals surface area contributed by atoms with Crippen molar-refractivity contribution in [3.8, 4) is 0 Å². The molecule has 204 valence electrons. The van der Waals surface area contributed by atoms with E-state index in [0.717, 1.165) is 61.4 Å². The van der Waals surface area contributed by atoms with E-state index in [9.17, 15) is 0 Å². The summed E-state index contributed by atoms with van der Waals surface area (Å²) >= 11 is 0. The molecular weight excluding hydrogens is 524 g/mol. The summed E-state index contributed by atoms with van der Waals surface area (Å²) in [5.41, 5.74) is 8.25. The van der Waals surface area contributed by atoms with Crippen molar-refractivity contribution in [2.75, 3.05) is 9.80 Å². The average Bonchev–Trinajstić information content (AvgIpc) is 3.45. The Morgan fingerprint density at radius 2 is 0.814 bits per heavy atom. The van der Waals surface area contributed by atoms with Crippen molar-refractivity contribution in [3.63, 3.8) is 0 Å². The molecule has 0 fully saturated rings. The molecule has 0 N–H and O–H groups in total. The smallest absolute Gasteiger partial charge is 0.143 e. The zero-order valence-corrected chi connectivity index (χ0v) is 23.5. The van der Waals surface area contributed by atoms with E-state index >= 15 is 0 Å². The molecule has 3 heteroatoms. The number of hydrogen-bond acceptors (Lipinski definition) is 3. The van der Waals surface area contributed by atoms with Gasteiger partial charge in [-0.3, -0.25) is 0 Å². The first-order chi connectivity index (χ1) is 21.3. The molecule has 0 saturated heterocycles. The summed E-state index contributed by atoms with van der Waals surface area (Å²) in [5, 5.41) is 4.56. The van der Waals surface area contributed by atoms with Crippen LogP contribution in [0.2, 0.25) is 0 Å². The zero-order chi connectivity index (χ0) is 28.6. The van der Waals surface area contributed by atoms with Crippen molar-refractivity contribution in [1.29, 1.82) is 0 Å². The van der Waals surface area contributed by atoms with Gasteiger partial charge in [-0.1, -0.05) is 91.0 Å². The monoisotopic (exact) mass is 552 g/mol. The lowest BCUT2D eigenvalue weighted by Gasteiger charge is -2.29. The highest BCUT2D eigenvalue weighted by molar-refractivity contribution is 6.15. The minimum absolute atomic E-state index is 0.871. The summed E-state index contributed by atoms with van der Waals surface area (Å²) in [6.07, 6.45) is 0. The van der Waals surface area contributed by atoms with Gasteiger partial charge in [-0.25, -0.2) is 0 Å². The van der Waals surface area contributed by atoms with Crippen molar-refractivity contribution < 1.29 is 4.42 Å². The number of hydrogen-bond donors (Lipinski definition) is 0. The molecule has 0 unspecified atom stereocenters. The van der Waals surface area contributed by atoms with Crippen LogP contribution < -0.4 is 9.80 Å². The van der Waals surface area contributed by atoms with Crippen molar-refractivity contribution in [2.45, 2.75) is 0 Å². The molecule has 0 spiro atoms. The predicted molar refractivity (Wildman–Crippen MR) is 181 cm³/mol. The van der Waals surface area contributed by atoms with Gasteiger partial charge in [-0.05, 0) is 78.2 Å². The number of para-hydroxylation sites is 3. The van der Waals surface area contributed by atoms with Crippen LogP contribution in [0.1, 0.15) is 0 Å². The summed E-state index contributed by atoms with van der Waals surface area (Å²) in [6, 6.07) is 59.5. The van der Waals surface area contributed by atoms with Gasteiger partial charge in [-0.2, -0.15) is 0 Å². The molecule has 0 amide bonds. The molecule has 0 aliphatic heterocycles. The first-order valence-electron chi connectivity index (χ1n) is 14.5. The van der Waals surface area contributed by atoms with Crippen molar-refractivity contribution in [3.05, 3.63) is 170 Å². The second kappa shape index (κ2) is 10.6. The maximum Gasteiger partial charge on any atom is 0.143 e. The summed E-state index contributed by atoms with van der Waals surface area (Å²) < 4.78 is 6.57. The van der Waals surface area contributed by atoms with E-state index in [-0.39, 0.29) is 0 Å². The Balaban J connectivity index is 1.29. The first kappa shape index (κ1) is 25.0. The van der Waals surface area contributed by atoms with Gasteiger partial charge >= 0.3 is 0 Å². The minimum Gasteiger partial charge on any atom is -0.455 e. The summed E-state index contributed by atoms with van der Waals surface area (Å²) in [6.45, 7) is 0. The van der Waals surface area contributed by atoms with Crippen molar-refractivity contribution >= 4 is 66.8 Å². The molecular formula is C40H28N2O. The number of anilines is 6.